The predicted octanol–water partition coefficient (Wildman–Crippen LogP) is 4.48. The number of amides is 1. The molecule has 6 nitrogen and oxygen atoms in total. The highest BCUT2D eigenvalue weighted by Gasteiger charge is 2.46. The van der Waals surface area contributed by atoms with Crippen molar-refractivity contribution >= 4 is 34.0 Å². The van der Waals surface area contributed by atoms with Crippen LogP contribution in [0.5, 0.6) is 11.5 Å². The van der Waals surface area contributed by atoms with Gasteiger partial charge in [-0.05, 0) is 62.4 Å². The molecule has 5 rings (SSSR count). The van der Waals surface area contributed by atoms with Gasteiger partial charge >= 0.3 is 0 Å². The lowest BCUT2D eigenvalue weighted by atomic mass is 9.78. The van der Waals surface area contributed by atoms with Crippen molar-refractivity contribution in [2.75, 3.05) is 19.1 Å². The third kappa shape index (κ3) is 2.40. The minimum absolute atomic E-state index is 0.0930. The normalized spacial score (nSPS) is 16.5. The number of allylic oxidation sites excluding steroid dienone is 1. The van der Waals surface area contributed by atoms with Gasteiger partial charge in [-0.15, -0.1) is 0 Å². The highest BCUT2D eigenvalue weighted by atomic mass is 16.5. The minimum Gasteiger partial charge on any atom is -0.497 e. The molecule has 1 aliphatic carbocycles. The molecule has 150 valence electrons. The molecule has 0 saturated carbocycles. The van der Waals surface area contributed by atoms with Crippen molar-refractivity contribution in [3.05, 3.63) is 65.4 Å². The smallest absolute Gasteiger partial charge is 0.264 e. The van der Waals surface area contributed by atoms with Crippen molar-refractivity contribution < 1.29 is 19.1 Å². The Balaban J connectivity index is 1.83. The summed E-state index contributed by atoms with van der Waals surface area (Å²) in [7, 11) is 3.18. The van der Waals surface area contributed by atoms with Crippen LogP contribution < -0.4 is 14.4 Å². The predicted molar refractivity (Wildman–Crippen MR) is 114 cm³/mol. The SMILES string of the molecule is COc1ccc(N2C(=O)c3c4c(nc5ccc(OC)cc35)C(=O)C(C)(C)C=C42)cc1. The third-order valence-corrected chi connectivity index (χ3v) is 5.73. The fourth-order valence-corrected chi connectivity index (χ4v) is 4.17. The van der Waals surface area contributed by atoms with Crippen molar-refractivity contribution in [3.8, 4) is 11.5 Å². The van der Waals surface area contributed by atoms with Crippen LogP contribution in [0.3, 0.4) is 0 Å². The molecule has 0 saturated heterocycles. The van der Waals surface area contributed by atoms with Crippen LogP contribution in [-0.2, 0) is 0 Å². The minimum atomic E-state index is -0.776. The first-order valence-electron chi connectivity index (χ1n) is 9.64. The Labute approximate surface area is 173 Å². The fraction of sp³-hybridized carbons (Fsp3) is 0.208. The summed E-state index contributed by atoms with van der Waals surface area (Å²) in [6, 6.07) is 12.7. The van der Waals surface area contributed by atoms with Crippen LogP contribution in [0.2, 0.25) is 0 Å². The van der Waals surface area contributed by atoms with Crippen LogP contribution in [0.25, 0.3) is 16.6 Å². The van der Waals surface area contributed by atoms with E-state index in [-0.39, 0.29) is 11.7 Å². The van der Waals surface area contributed by atoms with E-state index in [9.17, 15) is 9.59 Å². The first-order chi connectivity index (χ1) is 14.4. The molecule has 0 fully saturated rings. The molecule has 30 heavy (non-hydrogen) atoms. The summed E-state index contributed by atoms with van der Waals surface area (Å²) in [5.74, 6) is 1.05. The molecule has 0 radical (unpaired) electrons. The zero-order valence-corrected chi connectivity index (χ0v) is 17.1. The molecule has 0 bridgehead atoms. The van der Waals surface area contributed by atoms with E-state index in [1.54, 1.807) is 37.3 Å². The number of pyridine rings is 1. The zero-order chi connectivity index (χ0) is 21.2. The first-order valence-corrected chi connectivity index (χ1v) is 9.64. The van der Waals surface area contributed by atoms with E-state index in [1.807, 2.05) is 44.2 Å². The van der Waals surface area contributed by atoms with Gasteiger partial charge in [0.15, 0.2) is 5.78 Å². The molecular weight excluding hydrogens is 380 g/mol. The molecule has 0 atom stereocenters. The average molecular weight is 400 g/mol. The highest BCUT2D eigenvalue weighted by Crippen LogP contribution is 2.47. The van der Waals surface area contributed by atoms with Gasteiger partial charge in [0.1, 0.15) is 17.2 Å². The second-order valence-electron chi connectivity index (χ2n) is 8.01. The van der Waals surface area contributed by atoms with Crippen LogP contribution >= 0.6 is 0 Å². The Hall–Kier alpha value is -3.67. The van der Waals surface area contributed by atoms with Gasteiger partial charge in [0, 0.05) is 22.1 Å². The molecule has 1 aromatic heterocycles. The number of hydrogen-bond acceptors (Lipinski definition) is 5. The second kappa shape index (κ2) is 6.16. The summed E-state index contributed by atoms with van der Waals surface area (Å²) in [6.45, 7) is 3.69. The van der Waals surface area contributed by atoms with Crippen molar-refractivity contribution in [2.45, 2.75) is 13.8 Å². The number of hydrogen-bond donors (Lipinski definition) is 0. The number of Topliss-reactive ketones (excluding diaryl/α,β-unsaturated/α-hetero) is 1. The second-order valence-corrected chi connectivity index (χ2v) is 8.01. The van der Waals surface area contributed by atoms with Gasteiger partial charge in [0.05, 0.1) is 31.0 Å². The Kier molecular flexibility index (Phi) is 3.77. The van der Waals surface area contributed by atoms with E-state index < -0.39 is 5.41 Å². The van der Waals surface area contributed by atoms with Gasteiger partial charge in [-0.1, -0.05) is 0 Å². The summed E-state index contributed by atoms with van der Waals surface area (Å²) < 4.78 is 10.6. The topological polar surface area (TPSA) is 68.7 Å². The molecule has 1 amide bonds. The van der Waals surface area contributed by atoms with Crippen LogP contribution in [0.1, 0.15) is 40.3 Å². The lowest BCUT2D eigenvalue weighted by molar-refractivity contribution is 0.0877. The van der Waals surface area contributed by atoms with E-state index in [4.69, 9.17) is 9.47 Å². The Morgan fingerprint density at radius 1 is 0.900 bits per heavy atom. The largest absolute Gasteiger partial charge is 0.497 e. The van der Waals surface area contributed by atoms with Crippen molar-refractivity contribution in [1.29, 1.82) is 0 Å². The van der Waals surface area contributed by atoms with Gasteiger partial charge in [-0.25, -0.2) is 4.98 Å². The fourth-order valence-electron chi connectivity index (χ4n) is 4.17. The number of fused-ring (bicyclic) bond motifs is 2. The maximum Gasteiger partial charge on any atom is 0.264 e. The van der Waals surface area contributed by atoms with Crippen LogP contribution in [-0.4, -0.2) is 30.9 Å². The van der Waals surface area contributed by atoms with Crippen molar-refractivity contribution in [2.24, 2.45) is 5.41 Å². The molecule has 0 N–H and O–H groups in total. The molecule has 3 aromatic rings. The maximum absolute atomic E-state index is 13.7. The number of nitrogens with zero attached hydrogens (tertiary/aromatic N) is 2. The van der Waals surface area contributed by atoms with E-state index in [2.05, 4.69) is 4.98 Å². The van der Waals surface area contributed by atoms with Crippen molar-refractivity contribution in [3.63, 3.8) is 0 Å². The quantitative estimate of drug-likeness (QED) is 0.649. The average Bonchev–Trinajstić information content (AvgIpc) is 3.03. The number of rotatable bonds is 3. The molecule has 2 aromatic carbocycles. The van der Waals surface area contributed by atoms with Gasteiger partial charge in [0.25, 0.3) is 5.91 Å². The standard InChI is InChI=1S/C24H20N2O4/c1-24(2)12-18-20-19(23(28)26(18)13-5-7-14(29-3)8-6-13)16-11-15(30-4)9-10-17(16)25-21(20)22(24)27/h5-12H,1-4H3. The van der Waals surface area contributed by atoms with Crippen LogP contribution in [0.15, 0.2) is 48.5 Å². The van der Waals surface area contributed by atoms with E-state index in [1.165, 1.54) is 0 Å². The number of benzene rings is 2. The van der Waals surface area contributed by atoms with E-state index >= 15 is 0 Å². The summed E-state index contributed by atoms with van der Waals surface area (Å²) in [6.07, 6.45) is 1.87. The lowest BCUT2D eigenvalue weighted by Gasteiger charge is -2.28. The Bertz CT molecular complexity index is 1270. The molecular formula is C24H20N2O4. The number of carbonyl (C=O) groups excluding carboxylic acids is 2. The summed E-state index contributed by atoms with van der Waals surface area (Å²) in [5, 5.41) is 0.674. The Morgan fingerprint density at radius 2 is 1.57 bits per heavy atom. The highest BCUT2D eigenvalue weighted by molar-refractivity contribution is 6.30. The van der Waals surface area contributed by atoms with Crippen molar-refractivity contribution in [1.82, 2.24) is 4.98 Å². The van der Waals surface area contributed by atoms with Gasteiger partial charge in [0.2, 0.25) is 0 Å². The summed E-state index contributed by atoms with van der Waals surface area (Å²) >= 11 is 0. The number of carbonyl (C=O) groups is 2. The van der Waals surface area contributed by atoms with Gasteiger partial charge < -0.3 is 9.47 Å². The van der Waals surface area contributed by atoms with Gasteiger partial charge in [-0.2, -0.15) is 0 Å². The van der Waals surface area contributed by atoms with Crippen LogP contribution in [0.4, 0.5) is 5.69 Å². The zero-order valence-electron chi connectivity index (χ0n) is 17.1. The molecule has 0 unspecified atom stereocenters. The summed E-state index contributed by atoms with van der Waals surface area (Å²) in [5.41, 5.74) is 2.64. The number of ketones is 1. The molecule has 2 aliphatic rings. The maximum atomic E-state index is 13.7. The lowest BCUT2D eigenvalue weighted by Crippen LogP contribution is -2.30. The molecule has 6 heteroatoms. The monoisotopic (exact) mass is 400 g/mol. The number of methoxy groups -OCH3 is 2. The van der Waals surface area contributed by atoms with E-state index in [0.29, 0.717) is 50.6 Å². The first kappa shape index (κ1) is 18.4. The van der Waals surface area contributed by atoms with Gasteiger partial charge in [-0.3, -0.25) is 14.5 Å². The molecule has 0 spiro atoms. The Morgan fingerprint density at radius 3 is 2.23 bits per heavy atom. The number of ether oxygens (including phenoxy) is 2. The number of aromatic nitrogens is 1. The third-order valence-electron chi connectivity index (χ3n) is 5.73. The number of anilines is 1. The van der Waals surface area contributed by atoms with E-state index in [0.717, 1.165) is 0 Å². The molecule has 2 heterocycles. The molecule has 1 aliphatic heterocycles. The summed E-state index contributed by atoms with van der Waals surface area (Å²) in [4.78, 5) is 33.2. The van der Waals surface area contributed by atoms with Crippen LogP contribution in [0, 0.1) is 5.41 Å².